The topological polar surface area (TPSA) is 75.7 Å². The average molecular weight is 380 g/mol. The minimum absolute atomic E-state index is 0.0860. The van der Waals surface area contributed by atoms with E-state index in [1.165, 1.54) is 11.8 Å². The Hall–Kier alpha value is -3.28. The lowest BCUT2D eigenvalue weighted by molar-refractivity contribution is -0.121. The molecule has 0 aliphatic heterocycles. The van der Waals surface area contributed by atoms with Crippen LogP contribution in [0.2, 0.25) is 0 Å². The second-order valence-electron chi connectivity index (χ2n) is 6.53. The maximum absolute atomic E-state index is 12.9. The van der Waals surface area contributed by atoms with Crippen LogP contribution in [-0.2, 0) is 17.8 Å². The minimum atomic E-state index is -0.181. The van der Waals surface area contributed by atoms with E-state index in [0.29, 0.717) is 36.7 Å². The predicted octanol–water partition coefficient (Wildman–Crippen LogP) is 3.57. The molecule has 1 aromatic carbocycles. The van der Waals surface area contributed by atoms with Gasteiger partial charge in [-0.1, -0.05) is 30.3 Å². The molecule has 0 atom stereocenters. The molecule has 0 aliphatic carbocycles. The molecule has 6 heteroatoms. The van der Waals surface area contributed by atoms with E-state index < -0.39 is 0 Å². The number of nitrogens with zero attached hydrogens (tertiary/aromatic N) is 1. The molecule has 2 heterocycles. The van der Waals surface area contributed by atoms with E-state index in [-0.39, 0.29) is 18.2 Å². The van der Waals surface area contributed by atoms with Crippen LogP contribution in [0, 0.1) is 6.92 Å². The molecule has 0 spiro atoms. The molecule has 0 radical (unpaired) electrons. The normalized spacial score (nSPS) is 10.6. The summed E-state index contributed by atoms with van der Waals surface area (Å²) in [5.74, 6) is 0.956. The second kappa shape index (κ2) is 9.60. The van der Waals surface area contributed by atoms with E-state index in [1.807, 2.05) is 36.4 Å². The van der Waals surface area contributed by atoms with E-state index in [1.54, 1.807) is 30.2 Å². The first-order valence-corrected chi connectivity index (χ1v) is 9.30. The third kappa shape index (κ3) is 5.36. The van der Waals surface area contributed by atoms with Gasteiger partial charge in [0.2, 0.25) is 5.91 Å². The lowest BCUT2D eigenvalue weighted by Gasteiger charge is -2.21. The van der Waals surface area contributed by atoms with Crippen molar-refractivity contribution in [3.63, 3.8) is 0 Å². The number of furan rings is 2. The number of carbonyl (C=O) groups is 2. The number of aryl methyl sites for hydroxylation is 1. The van der Waals surface area contributed by atoms with Crippen LogP contribution in [0.4, 0.5) is 0 Å². The van der Waals surface area contributed by atoms with Gasteiger partial charge in [-0.3, -0.25) is 9.59 Å². The second-order valence-corrected chi connectivity index (χ2v) is 6.53. The number of amides is 2. The molecule has 0 aliphatic rings. The number of hydrogen-bond donors (Lipinski definition) is 1. The van der Waals surface area contributed by atoms with Crippen LogP contribution in [0.1, 0.15) is 33.9 Å². The first kappa shape index (κ1) is 19.5. The fraction of sp³-hybridized carbons (Fsp3) is 0.273. The summed E-state index contributed by atoms with van der Waals surface area (Å²) in [5, 5.41) is 2.91. The number of hydrogen-bond acceptors (Lipinski definition) is 4. The molecule has 3 aromatic rings. The maximum Gasteiger partial charge on any atom is 0.257 e. The van der Waals surface area contributed by atoms with Crippen molar-refractivity contribution in [2.24, 2.45) is 0 Å². The maximum atomic E-state index is 12.9. The Kier molecular flexibility index (Phi) is 6.68. The van der Waals surface area contributed by atoms with Gasteiger partial charge < -0.3 is 19.1 Å². The number of rotatable bonds is 9. The van der Waals surface area contributed by atoms with Gasteiger partial charge in [0.1, 0.15) is 11.5 Å². The van der Waals surface area contributed by atoms with E-state index in [4.69, 9.17) is 8.83 Å². The van der Waals surface area contributed by atoms with E-state index >= 15 is 0 Å². The lowest BCUT2D eigenvalue weighted by Crippen LogP contribution is -2.35. The standard InChI is InChI=1S/C22H24N2O4/c1-17-20(11-15-27-17)22(26)24(16-19-8-5-14-28-19)13-10-21(25)23-12-9-18-6-3-2-4-7-18/h2-8,11,14-15H,9-10,12-13,16H2,1H3,(H,23,25). The van der Waals surface area contributed by atoms with Gasteiger partial charge in [0.25, 0.3) is 5.91 Å². The molecule has 6 nitrogen and oxygen atoms in total. The van der Waals surface area contributed by atoms with E-state index in [9.17, 15) is 9.59 Å². The number of nitrogens with one attached hydrogen (secondary N) is 1. The summed E-state index contributed by atoms with van der Waals surface area (Å²) in [5.41, 5.74) is 1.67. The molecule has 3 rings (SSSR count). The quantitative estimate of drug-likeness (QED) is 0.616. The van der Waals surface area contributed by atoms with Gasteiger partial charge in [-0.15, -0.1) is 0 Å². The Morgan fingerprint density at radius 1 is 1.00 bits per heavy atom. The molecule has 146 valence electrons. The van der Waals surface area contributed by atoms with Crippen LogP contribution in [0.5, 0.6) is 0 Å². The van der Waals surface area contributed by atoms with Crippen molar-refractivity contribution >= 4 is 11.8 Å². The molecule has 0 bridgehead atoms. The highest BCUT2D eigenvalue weighted by Gasteiger charge is 2.21. The van der Waals surface area contributed by atoms with Crippen molar-refractivity contribution in [1.82, 2.24) is 10.2 Å². The Morgan fingerprint density at radius 2 is 1.82 bits per heavy atom. The van der Waals surface area contributed by atoms with Crippen molar-refractivity contribution in [1.29, 1.82) is 0 Å². The molecule has 2 amide bonds. The highest BCUT2D eigenvalue weighted by atomic mass is 16.3. The monoisotopic (exact) mass is 380 g/mol. The van der Waals surface area contributed by atoms with E-state index in [2.05, 4.69) is 5.32 Å². The number of carbonyl (C=O) groups excluding carboxylic acids is 2. The molecule has 0 saturated heterocycles. The Balaban J connectivity index is 1.54. The molecule has 0 fully saturated rings. The van der Waals surface area contributed by atoms with Crippen LogP contribution in [-0.4, -0.2) is 29.8 Å². The van der Waals surface area contributed by atoms with Gasteiger partial charge in [-0.25, -0.2) is 0 Å². The summed E-state index contributed by atoms with van der Waals surface area (Å²) in [7, 11) is 0. The third-order valence-corrected chi connectivity index (χ3v) is 4.49. The van der Waals surface area contributed by atoms with Gasteiger partial charge in [0.05, 0.1) is 24.6 Å². The summed E-state index contributed by atoms with van der Waals surface area (Å²) in [4.78, 5) is 26.7. The van der Waals surface area contributed by atoms with Gasteiger partial charge in [-0.05, 0) is 37.1 Å². The average Bonchev–Trinajstić information content (AvgIpc) is 3.37. The zero-order chi connectivity index (χ0) is 19.8. The zero-order valence-corrected chi connectivity index (χ0v) is 15.9. The van der Waals surface area contributed by atoms with Crippen molar-refractivity contribution in [2.45, 2.75) is 26.3 Å². The van der Waals surface area contributed by atoms with Gasteiger partial charge in [0.15, 0.2) is 0 Å². The zero-order valence-electron chi connectivity index (χ0n) is 15.9. The fourth-order valence-electron chi connectivity index (χ4n) is 2.94. The Bertz CT molecular complexity index is 884. The first-order chi connectivity index (χ1) is 13.6. The lowest BCUT2D eigenvalue weighted by atomic mass is 10.1. The van der Waals surface area contributed by atoms with Crippen LogP contribution in [0.25, 0.3) is 0 Å². The van der Waals surface area contributed by atoms with Crippen molar-refractivity contribution in [3.05, 3.63) is 83.7 Å². The summed E-state index contributed by atoms with van der Waals surface area (Å²) >= 11 is 0. The van der Waals surface area contributed by atoms with Crippen molar-refractivity contribution < 1.29 is 18.4 Å². The van der Waals surface area contributed by atoms with Gasteiger partial charge in [0, 0.05) is 19.5 Å². The largest absolute Gasteiger partial charge is 0.469 e. The van der Waals surface area contributed by atoms with Crippen LogP contribution >= 0.6 is 0 Å². The van der Waals surface area contributed by atoms with Crippen LogP contribution in [0.3, 0.4) is 0 Å². The summed E-state index contributed by atoms with van der Waals surface area (Å²) in [6.45, 7) is 2.90. The summed E-state index contributed by atoms with van der Waals surface area (Å²) in [6, 6.07) is 15.2. The number of benzene rings is 1. The highest BCUT2D eigenvalue weighted by molar-refractivity contribution is 5.95. The molecule has 0 unspecified atom stereocenters. The Labute approximate surface area is 164 Å². The van der Waals surface area contributed by atoms with Crippen molar-refractivity contribution in [2.75, 3.05) is 13.1 Å². The molecule has 1 N–H and O–H groups in total. The molecule has 0 saturated carbocycles. The molecular formula is C22H24N2O4. The fourth-order valence-corrected chi connectivity index (χ4v) is 2.94. The predicted molar refractivity (Wildman–Crippen MR) is 105 cm³/mol. The third-order valence-electron chi connectivity index (χ3n) is 4.49. The van der Waals surface area contributed by atoms with E-state index in [0.717, 1.165) is 6.42 Å². The molecule has 2 aromatic heterocycles. The molecular weight excluding hydrogens is 356 g/mol. The van der Waals surface area contributed by atoms with Crippen molar-refractivity contribution in [3.8, 4) is 0 Å². The summed E-state index contributed by atoms with van der Waals surface area (Å²) < 4.78 is 10.6. The van der Waals surface area contributed by atoms with Crippen LogP contribution < -0.4 is 5.32 Å². The smallest absolute Gasteiger partial charge is 0.257 e. The highest BCUT2D eigenvalue weighted by Crippen LogP contribution is 2.15. The van der Waals surface area contributed by atoms with Gasteiger partial charge in [-0.2, -0.15) is 0 Å². The van der Waals surface area contributed by atoms with Gasteiger partial charge >= 0.3 is 0 Å². The Morgan fingerprint density at radius 3 is 2.50 bits per heavy atom. The first-order valence-electron chi connectivity index (χ1n) is 9.30. The van der Waals surface area contributed by atoms with Crippen LogP contribution in [0.15, 0.2) is 69.9 Å². The minimum Gasteiger partial charge on any atom is -0.469 e. The summed E-state index contributed by atoms with van der Waals surface area (Å²) in [6.07, 6.45) is 4.05. The SMILES string of the molecule is Cc1occc1C(=O)N(CCC(=O)NCCc1ccccc1)Cc1ccco1. The molecule has 28 heavy (non-hydrogen) atoms.